The zero-order valence-corrected chi connectivity index (χ0v) is 19.8. The van der Waals surface area contributed by atoms with Gasteiger partial charge in [-0.05, 0) is 49.2 Å². The fourth-order valence-electron chi connectivity index (χ4n) is 4.03. The van der Waals surface area contributed by atoms with E-state index in [2.05, 4.69) is 15.2 Å². The van der Waals surface area contributed by atoms with Gasteiger partial charge in [0.1, 0.15) is 11.4 Å². The second-order valence-electron chi connectivity index (χ2n) is 8.50. The van der Waals surface area contributed by atoms with Crippen LogP contribution in [-0.4, -0.2) is 46.3 Å². The van der Waals surface area contributed by atoms with Gasteiger partial charge in [0.15, 0.2) is 5.78 Å². The van der Waals surface area contributed by atoms with Crippen LogP contribution in [0, 0.1) is 5.82 Å². The molecule has 0 spiro atoms. The number of Topliss-reactive ketones (excluding diaryl/α,β-unsaturated/α-hetero) is 1. The van der Waals surface area contributed by atoms with Gasteiger partial charge in [-0.1, -0.05) is 0 Å². The third kappa shape index (κ3) is 4.96. The molecule has 1 aliphatic rings. The van der Waals surface area contributed by atoms with E-state index in [9.17, 15) is 30.8 Å². The van der Waals surface area contributed by atoms with Crippen LogP contribution in [0.2, 0.25) is 0 Å². The Bertz CT molecular complexity index is 1590. The van der Waals surface area contributed by atoms with Crippen LogP contribution in [0.1, 0.15) is 24.1 Å². The highest BCUT2D eigenvalue weighted by molar-refractivity contribution is 7.89. The molecule has 1 saturated heterocycles. The van der Waals surface area contributed by atoms with Crippen molar-refractivity contribution >= 4 is 26.8 Å². The second-order valence-corrected chi connectivity index (χ2v) is 10.3. The minimum atomic E-state index is -4.50. The first-order chi connectivity index (χ1) is 17.5. The van der Waals surface area contributed by atoms with Crippen LogP contribution in [0.5, 0.6) is 0 Å². The van der Waals surface area contributed by atoms with Crippen LogP contribution >= 0.6 is 0 Å². The van der Waals surface area contributed by atoms with E-state index in [0.717, 1.165) is 28.7 Å². The molecule has 1 fully saturated rings. The molecule has 5 rings (SSSR count). The van der Waals surface area contributed by atoms with Gasteiger partial charge in [-0.25, -0.2) is 12.8 Å². The normalized spacial score (nSPS) is 16.6. The summed E-state index contributed by atoms with van der Waals surface area (Å²) in [7, 11) is -4.10. The maximum atomic E-state index is 13.5. The van der Waals surface area contributed by atoms with E-state index in [1.807, 2.05) is 0 Å². The van der Waals surface area contributed by atoms with Crippen molar-refractivity contribution in [1.82, 2.24) is 19.5 Å². The summed E-state index contributed by atoms with van der Waals surface area (Å²) < 4.78 is 84.3. The predicted octanol–water partition coefficient (Wildman–Crippen LogP) is 4.41. The van der Waals surface area contributed by atoms with Crippen molar-refractivity contribution < 1.29 is 35.2 Å². The molecule has 1 aliphatic heterocycles. The van der Waals surface area contributed by atoms with Crippen LogP contribution in [-0.2, 0) is 27.4 Å². The lowest BCUT2D eigenvalue weighted by Gasteiger charge is -2.37. The summed E-state index contributed by atoms with van der Waals surface area (Å²) >= 11 is 0. The number of aryl methyl sites for hydroxylation is 1. The third-order valence-corrected chi connectivity index (χ3v) is 7.84. The number of ketones is 1. The lowest BCUT2D eigenvalue weighted by molar-refractivity contribution is -0.137. The van der Waals surface area contributed by atoms with Crippen molar-refractivity contribution in [3.8, 4) is 11.3 Å². The molecule has 13 heteroatoms. The molecule has 3 aromatic heterocycles. The molecule has 37 heavy (non-hydrogen) atoms. The maximum Gasteiger partial charge on any atom is 0.417 e. The average Bonchev–Trinajstić information content (AvgIpc) is 3.26. The molecule has 1 aromatic carbocycles. The van der Waals surface area contributed by atoms with E-state index in [-0.39, 0.29) is 41.5 Å². The molecule has 0 saturated carbocycles. The molecule has 4 aromatic rings. The number of sulfonamides is 1. The monoisotopic (exact) mass is 534 g/mol. The maximum absolute atomic E-state index is 13.5. The fraction of sp³-hybridized carbons (Fsp3) is 0.250. The SMILES string of the molecule is O=C(CCc1cc(-c2ccc(C(F)(F)F)cn2)cnn1)[C@@H]1CCN1S(=O)(=O)c1cc2cc(F)ccc2o1. The second kappa shape index (κ2) is 9.30. The number of aromatic nitrogens is 3. The molecule has 0 unspecified atom stereocenters. The van der Waals surface area contributed by atoms with Crippen molar-refractivity contribution in [2.24, 2.45) is 0 Å². The molecule has 1 atom stereocenters. The van der Waals surface area contributed by atoms with Crippen molar-refractivity contribution in [3.05, 3.63) is 71.9 Å². The molecular weight excluding hydrogens is 516 g/mol. The Morgan fingerprint density at radius 1 is 1.11 bits per heavy atom. The van der Waals surface area contributed by atoms with E-state index in [1.54, 1.807) is 6.07 Å². The molecular formula is C24H18F4N4O4S. The molecule has 8 nitrogen and oxygen atoms in total. The van der Waals surface area contributed by atoms with Gasteiger partial charge < -0.3 is 4.42 Å². The van der Waals surface area contributed by atoms with E-state index in [4.69, 9.17) is 4.42 Å². The Labute approximate surface area is 208 Å². The van der Waals surface area contributed by atoms with Crippen molar-refractivity contribution in [2.75, 3.05) is 6.54 Å². The number of carbonyl (C=O) groups is 1. The number of furan rings is 1. The van der Waals surface area contributed by atoms with E-state index >= 15 is 0 Å². The van der Waals surface area contributed by atoms with E-state index in [1.165, 1.54) is 24.4 Å². The van der Waals surface area contributed by atoms with Crippen molar-refractivity contribution in [3.63, 3.8) is 0 Å². The first-order valence-electron chi connectivity index (χ1n) is 11.1. The minimum Gasteiger partial charge on any atom is -0.443 e. The molecule has 0 aliphatic carbocycles. The number of carbonyl (C=O) groups excluding carboxylic acids is 1. The zero-order valence-electron chi connectivity index (χ0n) is 18.9. The first-order valence-corrected chi connectivity index (χ1v) is 12.6. The Hall–Kier alpha value is -3.71. The van der Waals surface area contributed by atoms with Crippen LogP contribution in [0.3, 0.4) is 0 Å². The lowest BCUT2D eigenvalue weighted by atomic mass is 9.98. The van der Waals surface area contributed by atoms with E-state index in [0.29, 0.717) is 23.1 Å². The van der Waals surface area contributed by atoms with Gasteiger partial charge in [-0.15, -0.1) is 0 Å². The van der Waals surface area contributed by atoms with Crippen LogP contribution in [0.15, 0.2) is 64.4 Å². The number of alkyl halides is 3. The summed E-state index contributed by atoms with van der Waals surface area (Å²) in [6.07, 6.45) is -1.97. The average molecular weight is 534 g/mol. The standard InChI is InChI=1S/C24H18F4N4O4S/c25-17-2-6-22-14(9-17)11-23(36-22)37(34,35)32-8-7-20(32)21(33)5-3-18-10-15(12-30-31-18)19-4-1-16(13-29-19)24(26,27)28/h1-2,4,6,9-13,20H,3,5,7-8H2/t20-/m0/s1. The summed E-state index contributed by atoms with van der Waals surface area (Å²) in [6, 6.07) is 7.70. The van der Waals surface area contributed by atoms with Gasteiger partial charge >= 0.3 is 6.18 Å². The zero-order chi connectivity index (χ0) is 26.4. The van der Waals surface area contributed by atoms with Crippen LogP contribution in [0.25, 0.3) is 22.2 Å². The van der Waals surface area contributed by atoms with Gasteiger partial charge in [-0.3, -0.25) is 9.78 Å². The van der Waals surface area contributed by atoms with Crippen molar-refractivity contribution in [2.45, 2.75) is 36.6 Å². The third-order valence-electron chi connectivity index (χ3n) is 6.08. The van der Waals surface area contributed by atoms with Crippen molar-refractivity contribution in [1.29, 1.82) is 0 Å². The number of hydrogen-bond donors (Lipinski definition) is 0. The Balaban J connectivity index is 1.25. The Morgan fingerprint density at radius 2 is 1.92 bits per heavy atom. The highest BCUT2D eigenvalue weighted by atomic mass is 32.2. The summed E-state index contributed by atoms with van der Waals surface area (Å²) in [5.41, 5.74) is 0.432. The van der Waals surface area contributed by atoms with E-state index < -0.39 is 33.6 Å². The van der Waals surface area contributed by atoms with Gasteiger partial charge in [0, 0.05) is 36.2 Å². The summed E-state index contributed by atoms with van der Waals surface area (Å²) in [6.45, 7) is 0.138. The number of pyridine rings is 1. The largest absolute Gasteiger partial charge is 0.443 e. The molecule has 0 N–H and O–H groups in total. The Morgan fingerprint density at radius 3 is 2.59 bits per heavy atom. The quantitative estimate of drug-likeness (QED) is 0.324. The Kier molecular flexibility index (Phi) is 6.28. The number of halogens is 4. The molecule has 0 bridgehead atoms. The highest BCUT2D eigenvalue weighted by Crippen LogP contribution is 2.32. The number of rotatable bonds is 7. The fourth-order valence-corrected chi connectivity index (χ4v) is 5.63. The number of fused-ring (bicyclic) bond motifs is 1. The van der Waals surface area contributed by atoms with Gasteiger partial charge in [-0.2, -0.15) is 27.7 Å². The first kappa shape index (κ1) is 25.0. The minimum absolute atomic E-state index is 0.0272. The number of hydrogen-bond acceptors (Lipinski definition) is 7. The molecule has 0 amide bonds. The lowest BCUT2D eigenvalue weighted by Crippen LogP contribution is -2.54. The van der Waals surface area contributed by atoms with Gasteiger partial charge in [0.2, 0.25) is 5.09 Å². The number of nitrogens with zero attached hydrogens (tertiary/aromatic N) is 4. The van der Waals surface area contributed by atoms with Gasteiger partial charge in [0.05, 0.1) is 29.2 Å². The summed E-state index contributed by atoms with van der Waals surface area (Å²) in [5, 5.41) is 7.72. The smallest absolute Gasteiger partial charge is 0.417 e. The molecule has 0 radical (unpaired) electrons. The topological polar surface area (TPSA) is 106 Å². The highest BCUT2D eigenvalue weighted by Gasteiger charge is 2.43. The molecule has 192 valence electrons. The number of benzene rings is 1. The van der Waals surface area contributed by atoms with Crippen LogP contribution < -0.4 is 0 Å². The predicted molar refractivity (Wildman–Crippen MR) is 122 cm³/mol. The summed E-state index contributed by atoms with van der Waals surface area (Å²) in [5.74, 6) is -0.854. The summed E-state index contributed by atoms with van der Waals surface area (Å²) in [4.78, 5) is 16.7. The van der Waals surface area contributed by atoms with Crippen LogP contribution in [0.4, 0.5) is 17.6 Å². The molecule has 4 heterocycles. The van der Waals surface area contributed by atoms with Gasteiger partial charge in [0.25, 0.3) is 10.0 Å².